The summed E-state index contributed by atoms with van der Waals surface area (Å²) in [6.07, 6.45) is 2.59. The summed E-state index contributed by atoms with van der Waals surface area (Å²) < 4.78 is 6.81. The highest BCUT2D eigenvalue weighted by atomic mass is 16.5. The van der Waals surface area contributed by atoms with Gasteiger partial charge in [-0.1, -0.05) is 6.92 Å². The molecular formula is C17H22N2O3. The third kappa shape index (κ3) is 3.95. The summed E-state index contributed by atoms with van der Waals surface area (Å²) in [5.41, 5.74) is 0.243. The summed E-state index contributed by atoms with van der Waals surface area (Å²) in [5, 5.41) is 0.837. The molecule has 0 atom stereocenters. The molecule has 0 amide bonds. The molecule has 0 aliphatic carbocycles. The van der Waals surface area contributed by atoms with Crippen LogP contribution in [0.15, 0.2) is 35.1 Å². The van der Waals surface area contributed by atoms with Crippen LogP contribution in [0.5, 0.6) is 5.75 Å². The van der Waals surface area contributed by atoms with E-state index in [2.05, 4.69) is 18.9 Å². The molecule has 1 aromatic heterocycles. The lowest BCUT2D eigenvalue weighted by Crippen LogP contribution is -2.19. The molecular weight excluding hydrogens is 280 g/mol. The summed E-state index contributed by atoms with van der Waals surface area (Å²) in [4.78, 5) is 25.0. The summed E-state index contributed by atoms with van der Waals surface area (Å²) >= 11 is 0. The first kappa shape index (κ1) is 16.2. The van der Waals surface area contributed by atoms with Crippen molar-refractivity contribution in [3.05, 3.63) is 40.7 Å². The molecule has 1 heterocycles. The number of rotatable bonds is 8. The Hall–Kier alpha value is -2.14. The number of fused-ring (bicyclic) bond motifs is 1. The fourth-order valence-corrected chi connectivity index (χ4v) is 2.26. The van der Waals surface area contributed by atoms with E-state index >= 15 is 0 Å². The van der Waals surface area contributed by atoms with E-state index in [1.165, 1.54) is 6.07 Å². The number of unbranched alkanes of at least 4 members (excludes halogenated alkanes) is 1. The van der Waals surface area contributed by atoms with Crippen molar-refractivity contribution in [1.29, 1.82) is 0 Å². The van der Waals surface area contributed by atoms with Crippen LogP contribution in [0.1, 0.15) is 19.8 Å². The van der Waals surface area contributed by atoms with E-state index in [4.69, 9.17) is 4.74 Å². The predicted molar refractivity (Wildman–Crippen MR) is 88.3 cm³/mol. The first-order valence-electron chi connectivity index (χ1n) is 7.57. The standard InChI is InChI=1S/C17H22N2O3/c1-3-18(2)10-4-5-11-22-15-8-6-14-7-9-17(21)19(13-20)16(14)12-15/h6-9,12-13H,3-5,10-11H2,1-2H3. The lowest BCUT2D eigenvalue weighted by atomic mass is 10.2. The zero-order valence-corrected chi connectivity index (χ0v) is 13.1. The molecule has 0 saturated carbocycles. The van der Waals surface area contributed by atoms with Crippen molar-refractivity contribution in [1.82, 2.24) is 9.47 Å². The number of nitrogens with zero attached hydrogens (tertiary/aromatic N) is 2. The van der Waals surface area contributed by atoms with Gasteiger partial charge in [-0.15, -0.1) is 0 Å². The van der Waals surface area contributed by atoms with Crippen LogP contribution < -0.4 is 10.3 Å². The molecule has 1 aromatic carbocycles. The summed E-state index contributed by atoms with van der Waals surface area (Å²) in [5.74, 6) is 0.678. The first-order chi connectivity index (χ1) is 10.7. The molecule has 0 aliphatic heterocycles. The van der Waals surface area contributed by atoms with Crippen molar-refractivity contribution in [3.8, 4) is 5.75 Å². The Labute approximate surface area is 130 Å². The van der Waals surface area contributed by atoms with Gasteiger partial charge in [-0.25, -0.2) is 4.57 Å². The number of hydrogen-bond acceptors (Lipinski definition) is 4. The maximum atomic E-state index is 11.7. The van der Waals surface area contributed by atoms with Crippen molar-refractivity contribution in [2.24, 2.45) is 0 Å². The number of carbonyl (C=O) groups excluding carboxylic acids is 1. The Morgan fingerprint density at radius 1 is 1.23 bits per heavy atom. The minimum atomic E-state index is -0.331. The monoisotopic (exact) mass is 302 g/mol. The lowest BCUT2D eigenvalue weighted by molar-refractivity contribution is 0.284. The highest BCUT2D eigenvalue weighted by molar-refractivity contribution is 5.85. The van der Waals surface area contributed by atoms with Gasteiger partial charge in [0.15, 0.2) is 0 Å². The van der Waals surface area contributed by atoms with E-state index in [0.29, 0.717) is 24.3 Å². The second kappa shape index (κ2) is 7.75. The van der Waals surface area contributed by atoms with Gasteiger partial charge in [0.1, 0.15) is 5.75 Å². The number of hydrogen-bond donors (Lipinski definition) is 0. The van der Waals surface area contributed by atoms with Crippen molar-refractivity contribution < 1.29 is 9.53 Å². The van der Waals surface area contributed by atoms with Crippen LogP contribution in [0.3, 0.4) is 0 Å². The molecule has 0 N–H and O–H groups in total. The summed E-state index contributed by atoms with van der Waals surface area (Å²) in [6.45, 7) is 4.87. The van der Waals surface area contributed by atoms with Crippen molar-refractivity contribution >= 4 is 17.3 Å². The van der Waals surface area contributed by atoms with Crippen LogP contribution in [0.4, 0.5) is 0 Å². The van der Waals surface area contributed by atoms with E-state index in [1.54, 1.807) is 12.1 Å². The third-order valence-corrected chi connectivity index (χ3v) is 3.75. The average Bonchev–Trinajstić information content (AvgIpc) is 2.54. The molecule has 0 radical (unpaired) electrons. The molecule has 0 fully saturated rings. The van der Waals surface area contributed by atoms with Gasteiger partial charge < -0.3 is 9.64 Å². The Kier molecular flexibility index (Phi) is 5.72. The maximum absolute atomic E-state index is 11.7. The minimum absolute atomic E-state index is 0.331. The van der Waals surface area contributed by atoms with Gasteiger partial charge >= 0.3 is 0 Å². The molecule has 0 spiro atoms. The van der Waals surface area contributed by atoms with E-state index < -0.39 is 0 Å². The van der Waals surface area contributed by atoms with Crippen LogP contribution in [-0.4, -0.2) is 42.6 Å². The minimum Gasteiger partial charge on any atom is -0.494 e. The SMILES string of the molecule is CCN(C)CCCCOc1ccc2ccc(=O)n(C=O)c2c1. The first-order valence-corrected chi connectivity index (χ1v) is 7.57. The van der Waals surface area contributed by atoms with Gasteiger partial charge in [-0.3, -0.25) is 9.59 Å². The van der Waals surface area contributed by atoms with Crippen LogP contribution in [0.25, 0.3) is 10.9 Å². The molecule has 2 aromatic rings. The van der Waals surface area contributed by atoms with E-state index in [9.17, 15) is 9.59 Å². The molecule has 22 heavy (non-hydrogen) atoms. The predicted octanol–water partition coefficient (Wildman–Crippen LogP) is 2.15. The van der Waals surface area contributed by atoms with Crippen LogP contribution in [0.2, 0.25) is 0 Å². The average molecular weight is 302 g/mol. The number of aromatic nitrogens is 1. The number of benzene rings is 1. The Bertz CT molecular complexity index is 694. The lowest BCUT2D eigenvalue weighted by Gasteiger charge is -2.13. The smallest absolute Gasteiger partial charge is 0.257 e. The van der Waals surface area contributed by atoms with Gasteiger partial charge in [-0.05, 0) is 56.6 Å². The molecule has 0 aliphatic rings. The van der Waals surface area contributed by atoms with Crippen molar-refractivity contribution in [2.75, 3.05) is 26.7 Å². The second-order valence-corrected chi connectivity index (χ2v) is 5.32. The van der Waals surface area contributed by atoms with Gasteiger partial charge in [-0.2, -0.15) is 0 Å². The highest BCUT2D eigenvalue weighted by Crippen LogP contribution is 2.19. The highest BCUT2D eigenvalue weighted by Gasteiger charge is 2.04. The molecule has 0 unspecified atom stereocenters. The fourth-order valence-electron chi connectivity index (χ4n) is 2.26. The third-order valence-electron chi connectivity index (χ3n) is 3.75. The summed E-state index contributed by atoms with van der Waals surface area (Å²) in [7, 11) is 2.10. The Morgan fingerprint density at radius 3 is 2.73 bits per heavy atom. The summed E-state index contributed by atoms with van der Waals surface area (Å²) in [6, 6.07) is 8.56. The number of ether oxygens (including phenoxy) is 1. The largest absolute Gasteiger partial charge is 0.494 e. The molecule has 0 saturated heterocycles. The van der Waals surface area contributed by atoms with Crippen molar-refractivity contribution in [2.45, 2.75) is 19.8 Å². The van der Waals surface area contributed by atoms with Crippen molar-refractivity contribution in [3.63, 3.8) is 0 Å². The van der Waals surface area contributed by atoms with Crippen LogP contribution in [-0.2, 0) is 4.79 Å². The number of carbonyl (C=O) groups is 1. The topological polar surface area (TPSA) is 51.5 Å². The van der Waals surface area contributed by atoms with E-state index in [-0.39, 0.29) is 5.56 Å². The fraction of sp³-hybridized carbons (Fsp3) is 0.412. The molecule has 118 valence electrons. The molecule has 5 nitrogen and oxygen atoms in total. The Morgan fingerprint density at radius 2 is 2.00 bits per heavy atom. The van der Waals surface area contributed by atoms with Crippen LogP contribution >= 0.6 is 0 Å². The molecule has 5 heteroatoms. The van der Waals surface area contributed by atoms with E-state index in [1.807, 2.05) is 12.1 Å². The van der Waals surface area contributed by atoms with Gasteiger partial charge in [0.25, 0.3) is 5.56 Å². The Balaban J connectivity index is 2.00. The quantitative estimate of drug-likeness (QED) is 0.554. The van der Waals surface area contributed by atoms with Crippen LogP contribution in [0, 0.1) is 0 Å². The van der Waals surface area contributed by atoms with Gasteiger partial charge in [0.05, 0.1) is 12.1 Å². The number of pyridine rings is 1. The molecule has 2 rings (SSSR count). The second-order valence-electron chi connectivity index (χ2n) is 5.32. The van der Waals surface area contributed by atoms with E-state index in [0.717, 1.165) is 35.9 Å². The molecule has 0 bridgehead atoms. The zero-order valence-electron chi connectivity index (χ0n) is 13.1. The maximum Gasteiger partial charge on any atom is 0.257 e. The van der Waals surface area contributed by atoms with Gasteiger partial charge in [0, 0.05) is 12.1 Å². The van der Waals surface area contributed by atoms with Gasteiger partial charge in [0.2, 0.25) is 6.41 Å². The zero-order chi connectivity index (χ0) is 15.9. The normalized spacial score (nSPS) is 11.0.